The van der Waals surface area contributed by atoms with Crippen molar-refractivity contribution in [1.29, 1.82) is 0 Å². The zero-order valence-corrected chi connectivity index (χ0v) is 29.5. The molecule has 0 spiro atoms. The number of hydrogen-bond acceptors (Lipinski definition) is 9. The van der Waals surface area contributed by atoms with Gasteiger partial charge >= 0.3 is 0 Å². The number of ether oxygens (including phenoxy) is 1. The standard InChI is InChI=1S/C39H30Cl2N4O8/c1-53-24-13-6-20(7-14-24)39-29(36(48)44(38(39)50)42-31-17-8-21(40)18-30(31)41)19-28-25(34(39)26-4-2-3-5-32(26)46)15-16-27-33(28)37(49)43(35(27)47)22-9-11-23(12-10-22)45(51)52/h2-15,17-18,27-29,33-34,42,46H,16,19H2,1H3. The van der Waals surface area contributed by atoms with Gasteiger partial charge in [-0.05, 0) is 72.9 Å². The van der Waals surface area contributed by atoms with Gasteiger partial charge in [0.25, 0.3) is 17.5 Å². The van der Waals surface area contributed by atoms with Crippen molar-refractivity contribution in [3.05, 3.63) is 134 Å². The molecule has 4 aromatic carbocycles. The number of para-hydroxylation sites is 1. The van der Waals surface area contributed by atoms with Crippen LogP contribution >= 0.6 is 23.2 Å². The number of phenolic OH excluding ortho intramolecular Hbond substituents is 1. The fourth-order valence-corrected chi connectivity index (χ4v) is 9.35. The Balaban J connectivity index is 1.30. The van der Waals surface area contributed by atoms with Gasteiger partial charge in [-0.1, -0.05) is 65.2 Å². The third-order valence-electron chi connectivity index (χ3n) is 11.1. The second kappa shape index (κ2) is 12.7. The Kier molecular flexibility index (Phi) is 8.27. The molecule has 12 nitrogen and oxygen atoms in total. The first-order valence-corrected chi connectivity index (χ1v) is 17.6. The number of phenols is 1. The first kappa shape index (κ1) is 34.4. The minimum absolute atomic E-state index is 0.0212. The quantitative estimate of drug-likeness (QED) is 0.0896. The Labute approximate surface area is 312 Å². The molecule has 2 aliphatic carbocycles. The summed E-state index contributed by atoms with van der Waals surface area (Å²) in [6.45, 7) is 0. The molecule has 2 aliphatic heterocycles. The van der Waals surface area contributed by atoms with Gasteiger partial charge in [0, 0.05) is 28.6 Å². The molecule has 6 unspecified atom stereocenters. The zero-order valence-electron chi connectivity index (χ0n) is 27.9. The maximum Gasteiger partial charge on any atom is 0.269 e. The highest BCUT2D eigenvalue weighted by atomic mass is 35.5. The van der Waals surface area contributed by atoms with Crippen molar-refractivity contribution in [1.82, 2.24) is 5.01 Å². The van der Waals surface area contributed by atoms with E-state index in [1.165, 1.54) is 43.5 Å². The molecule has 2 N–H and O–H groups in total. The third-order valence-corrected chi connectivity index (χ3v) is 11.7. The number of nitro benzene ring substituents is 1. The van der Waals surface area contributed by atoms with E-state index in [-0.39, 0.29) is 40.7 Å². The maximum atomic E-state index is 15.3. The molecular formula is C39H30Cl2N4O8. The lowest BCUT2D eigenvalue weighted by molar-refractivity contribution is -0.384. The summed E-state index contributed by atoms with van der Waals surface area (Å²) < 4.78 is 5.43. The number of carbonyl (C=O) groups is 4. The number of benzene rings is 4. The van der Waals surface area contributed by atoms with E-state index in [1.54, 1.807) is 54.6 Å². The van der Waals surface area contributed by atoms with E-state index in [2.05, 4.69) is 5.43 Å². The van der Waals surface area contributed by atoms with Crippen LogP contribution < -0.4 is 15.1 Å². The molecule has 4 aliphatic rings. The number of carbonyl (C=O) groups excluding carboxylic acids is 4. The third kappa shape index (κ3) is 5.11. The van der Waals surface area contributed by atoms with Crippen molar-refractivity contribution in [3.8, 4) is 11.5 Å². The number of nitrogens with one attached hydrogen (secondary N) is 1. The molecule has 2 saturated heterocycles. The van der Waals surface area contributed by atoms with E-state index in [1.807, 2.05) is 6.08 Å². The van der Waals surface area contributed by atoms with Gasteiger partial charge in [-0.15, -0.1) is 0 Å². The summed E-state index contributed by atoms with van der Waals surface area (Å²) in [6.07, 6.45) is 2.05. The van der Waals surface area contributed by atoms with Gasteiger partial charge < -0.3 is 9.84 Å². The van der Waals surface area contributed by atoms with Crippen molar-refractivity contribution in [2.75, 3.05) is 17.4 Å². The summed E-state index contributed by atoms with van der Waals surface area (Å²) in [5.41, 5.74) is 3.09. The minimum Gasteiger partial charge on any atom is -0.508 e. The van der Waals surface area contributed by atoms with Crippen LogP contribution in [0.5, 0.6) is 11.5 Å². The van der Waals surface area contributed by atoms with Crippen LogP contribution in [0, 0.1) is 33.8 Å². The highest BCUT2D eigenvalue weighted by Crippen LogP contribution is 2.65. The van der Waals surface area contributed by atoms with Crippen LogP contribution in [-0.4, -0.2) is 45.8 Å². The van der Waals surface area contributed by atoms with Gasteiger partial charge in [-0.25, -0.2) is 0 Å². The van der Waals surface area contributed by atoms with Crippen molar-refractivity contribution < 1.29 is 33.9 Å². The summed E-state index contributed by atoms with van der Waals surface area (Å²) in [5, 5.41) is 24.3. The van der Waals surface area contributed by atoms with Crippen molar-refractivity contribution in [2.24, 2.45) is 23.7 Å². The summed E-state index contributed by atoms with van der Waals surface area (Å²) in [6, 6.07) is 23.2. The Hall–Kier alpha value is -5.72. The number of allylic oxidation sites excluding steroid dienone is 2. The maximum absolute atomic E-state index is 15.3. The number of halogens is 2. The average Bonchev–Trinajstić information content (AvgIpc) is 3.53. The Morgan fingerprint density at radius 1 is 0.906 bits per heavy atom. The van der Waals surface area contributed by atoms with Gasteiger partial charge in [0.15, 0.2) is 0 Å². The Bertz CT molecular complexity index is 2260. The topological polar surface area (TPSA) is 159 Å². The summed E-state index contributed by atoms with van der Waals surface area (Å²) in [7, 11) is 1.51. The van der Waals surface area contributed by atoms with Crippen LogP contribution in [0.4, 0.5) is 17.1 Å². The van der Waals surface area contributed by atoms with Crippen LogP contribution in [0.25, 0.3) is 0 Å². The number of imide groups is 2. The number of nitrogens with zero attached hydrogens (tertiary/aromatic N) is 3. The second-order valence-corrected chi connectivity index (χ2v) is 14.4. The van der Waals surface area contributed by atoms with Gasteiger partial charge in [0.05, 0.1) is 51.6 Å². The Morgan fingerprint density at radius 2 is 1.62 bits per heavy atom. The largest absolute Gasteiger partial charge is 0.508 e. The number of rotatable bonds is 7. The van der Waals surface area contributed by atoms with Crippen molar-refractivity contribution in [2.45, 2.75) is 24.2 Å². The minimum atomic E-state index is -1.63. The molecule has 53 heavy (non-hydrogen) atoms. The second-order valence-electron chi connectivity index (χ2n) is 13.6. The van der Waals surface area contributed by atoms with Crippen molar-refractivity contribution in [3.63, 3.8) is 0 Å². The first-order chi connectivity index (χ1) is 25.5. The number of hydrogen-bond donors (Lipinski definition) is 2. The number of anilines is 2. The van der Waals surface area contributed by atoms with E-state index < -0.39 is 63.6 Å². The monoisotopic (exact) mass is 752 g/mol. The molecule has 14 heteroatoms. The predicted molar refractivity (Wildman–Crippen MR) is 194 cm³/mol. The smallest absolute Gasteiger partial charge is 0.269 e. The molecule has 4 aromatic rings. The molecule has 6 atom stereocenters. The van der Waals surface area contributed by atoms with Gasteiger partial charge in [-0.3, -0.25) is 39.6 Å². The zero-order chi connectivity index (χ0) is 37.3. The number of hydrazine groups is 1. The van der Waals surface area contributed by atoms with Gasteiger partial charge in [0.1, 0.15) is 11.5 Å². The highest BCUT2D eigenvalue weighted by Gasteiger charge is 2.70. The lowest BCUT2D eigenvalue weighted by atomic mass is 9.49. The van der Waals surface area contributed by atoms with Gasteiger partial charge in [-0.2, -0.15) is 5.01 Å². The molecule has 268 valence electrons. The Morgan fingerprint density at radius 3 is 2.28 bits per heavy atom. The first-order valence-electron chi connectivity index (χ1n) is 16.8. The number of nitro groups is 1. The van der Waals surface area contributed by atoms with E-state index in [9.17, 15) is 29.6 Å². The van der Waals surface area contributed by atoms with Crippen LogP contribution in [0.1, 0.15) is 29.9 Å². The SMILES string of the molecule is COc1ccc(C23C(=O)N(Nc4ccc(Cl)cc4Cl)C(=O)C2CC2C(=CCC4C(=O)N(c5ccc([N+](=O)[O-])cc5)C(=O)C42)C3c2ccccc2O)cc1. The van der Waals surface area contributed by atoms with E-state index in [0.717, 1.165) is 9.91 Å². The molecule has 8 rings (SSSR count). The fourth-order valence-electron chi connectivity index (χ4n) is 8.90. The van der Waals surface area contributed by atoms with Crippen LogP contribution in [0.2, 0.25) is 10.0 Å². The van der Waals surface area contributed by atoms with Gasteiger partial charge in [0.2, 0.25) is 11.8 Å². The highest BCUT2D eigenvalue weighted by molar-refractivity contribution is 6.36. The predicted octanol–water partition coefficient (Wildman–Crippen LogP) is 6.81. The molecule has 4 amide bonds. The number of fused-ring (bicyclic) bond motifs is 4. The van der Waals surface area contributed by atoms with E-state index in [0.29, 0.717) is 27.5 Å². The molecular weight excluding hydrogens is 723 g/mol. The molecule has 0 aromatic heterocycles. The summed E-state index contributed by atoms with van der Waals surface area (Å²) in [5.74, 6) is -6.13. The lowest BCUT2D eigenvalue weighted by Gasteiger charge is -2.50. The van der Waals surface area contributed by atoms with Crippen LogP contribution in [0.15, 0.2) is 103 Å². The average molecular weight is 754 g/mol. The number of amides is 4. The number of aromatic hydroxyl groups is 1. The number of non-ortho nitro benzene ring substituents is 1. The lowest BCUT2D eigenvalue weighted by Crippen LogP contribution is -2.53. The molecule has 2 heterocycles. The van der Waals surface area contributed by atoms with E-state index >= 15 is 4.79 Å². The van der Waals surface area contributed by atoms with Crippen molar-refractivity contribution >= 4 is 63.9 Å². The summed E-state index contributed by atoms with van der Waals surface area (Å²) in [4.78, 5) is 70.4. The van der Waals surface area contributed by atoms with E-state index in [4.69, 9.17) is 27.9 Å². The molecule has 0 bridgehead atoms. The normalized spacial score (nSPS) is 26.2. The van der Waals surface area contributed by atoms with Crippen LogP contribution in [-0.2, 0) is 24.6 Å². The number of methoxy groups -OCH3 is 1. The molecule has 1 saturated carbocycles. The molecule has 3 fully saturated rings. The van der Waals surface area contributed by atoms with Crippen LogP contribution in [0.3, 0.4) is 0 Å². The fraction of sp³-hybridized carbons (Fsp3) is 0.231. The summed E-state index contributed by atoms with van der Waals surface area (Å²) >= 11 is 12.6. The molecule has 0 radical (unpaired) electrons.